The van der Waals surface area contributed by atoms with Crippen molar-refractivity contribution < 1.29 is 43.2 Å². The summed E-state index contributed by atoms with van der Waals surface area (Å²) in [4.78, 5) is 40.6. The average molecular weight is 635 g/mol. The minimum atomic E-state index is -1.76. The van der Waals surface area contributed by atoms with Crippen LogP contribution >= 0.6 is 11.6 Å². The number of carbonyl (C=O) groups excluding carboxylic acids is 3. The van der Waals surface area contributed by atoms with Gasteiger partial charge in [0.25, 0.3) is 0 Å². The number of hydrogen-bond acceptors (Lipinski definition) is 9. The molecule has 11 nitrogen and oxygen atoms in total. The summed E-state index contributed by atoms with van der Waals surface area (Å²) in [5.74, 6) is -0.813. The standard InChI is InChI=1S/C32H43ClN2O9/c1-8-10-27(37)43-25-16-26(36)35(5)21-14-20(15-22(40-6)28(21)33)13-18(2)11-9-12-24(41-7)32(39)17-23(42-30(38)34-32)19(3)29-31(25,4)44-29/h9,11-12,14-15,19,23-25,29,39H,8,10,13,16-17H2,1-7H3,(H,34,38)/b12-9-,18-11-/t19-,23+,24-,25+,29+,31+,32+/m1/s1. The number of allylic oxidation sites excluding steroid dienone is 3. The number of amides is 2. The van der Waals surface area contributed by atoms with Crippen molar-refractivity contribution in [3.05, 3.63) is 46.5 Å². The van der Waals surface area contributed by atoms with Crippen molar-refractivity contribution in [3.8, 4) is 5.75 Å². The summed E-state index contributed by atoms with van der Waals surface area (Å²) in [7, 11) is 4.57. The van der Waals surface area contributed by atoms with E-state index in [2.05, 4.69) is 5.32 Å². The highest BCUT2D eigenvalue weighted by molar-refractivity contribution is 6.35. The predicted molar refractivity (Wildman–Crippen MR) is 164 cm³/mol. The fourth-order valence-corrected chi connectivity index (χ4v) is 6.34. The summed E-state index contributed by atoms with van der Waals surface area (Å²) in [6.45, 7) is 7.41. The number of ether oxygens (including phenoxy) is 5. The molecule has 242 valence electrons. The minimum Gasteiger partial charge on any atom is -0.495 e. The third kappa shape index (κ3) is 7.06. The van der Waals surface area contributed by atoms with Gasteiger partial charge in [-0.05, 0) is 44.4 Å². The van der Waals surface area contributed by atoms with E-state index in [1.165, 1.54) is 19.1 Å². The fraction of sp³-hybridized carbons (Fsp3) is 0.594. The molecule has 2 fully saturated rings. The number of anilines is 1. The number of nitrogens with one attached hydrogen (secondary N) is 1. The molecule has 0 spiro atoms. The molecule has 1 aromatic carbocycles. The topological polar surface area (TPSA) is 136 Å². The smallest absolute Gasteiger partial charge is 0.409 e. The van der Waals surface area contributed by atoms with Gasteiger partial charge in [-0.3, -0.25) is 14.9 Å². The Morgan fingerprint density at radius 3 is 2.66 bits per heavy atom. The lowest BCUT2D eigenvalue weighted by Gasteiger charge is -2.42. The maximum Gasteiger partial charge on any atom is 0.409 e. The van der Waals surface area contributed by atoms with Crippen LogP contribution in [0.4, 0.5) is 10.5 Å². The van der Waals surface area contributed by atoms with Crippen molar-refractivity contribution in [2.75, 3.05) is 26.2 Å². The third-order valence-corrected chi connectivity index (χ3v) is 9.06. The highest BCUT2D eigenvalue weighted by Gasteiger charge is 2.64. The average Bonchev–Trinajstić information content (AvgIpc) is 3.66. The van der Waals surface area contributed by atoms with Gasteiger partial charge in [0.1, 0.15) is 34.7 Å². The van der Waals surface area contributed by atoms with Gasteiger partial charge in [-0.25, -0.2) is 4.79 Å². The Balaban J connectivity index is 1.79. The zero-order valence-corrected chi connectivity index (χ0v) is 27.1. The molecule has 4 rings (SSSR count). The van der Waals surface area contributed by atoms with Gasteiger partial charge in [-0.1, -0.05) is 49.2 Å². The molecule has 0 saturated carbocycles. The molecule has 3 aliphatic heterocycles. The van der Waals surface area contributed by atoms with Crippen molar-refractivity contribution in [1.82, 2.24) is 5.32 Å². The van der Waals surface area contributed by atoms with Crippen LogP contribution in [-0.2, 0) is 35.0 Å². The lowest BCUT2D eigenvalue weighted by molar-refractivity contribution is -0.153. The second kappa shape index (κ2) is 13.5. The number of methoxy groups -OCH3 is 2. The van der Waals surface area contributed by atoms with Gasteiger partial charge in [0.2, 0.25) is 5.91 Å². The van der Waals surface area contributed by atoms with Gasteiger partial charge < -0.3 is 33.7 Å². The number of nitrogens with zero attached hydrogens (tertiary/aromatic N) is 1. The summed E-state index contributed by atoms with van der Waals surface area (Å²) in [5, 5.41) is 14.4. The maximum absolute atomic E-state index is 13.8. The molecule has 12 heteroatoms. The Labute approximate surface area is 263 Å². The summed E-state index contributed by atoms with van der Waals surface area (Å²) in [5.41, 5.74) is -0.561. The van der Waals surface area contributed by atoms with Crippen LogP contribution in [0.1, 0.15) is 58.9 Å². The van der Waals surface area contributed by atoms with E-state index in [1.54, 1.807) is 26.1 Å². The van der Waals surface area contributed by atoms with Crippen LogP contribution in [0.25, 0.3) is 0 Å². The molecule has 2 amide bonds. The first kappa shape index (κ1) is 33.8. The van der Waals surface area contributed by atoms with Crippen LogP contribution in [-0.4, -0.2) is 80.1 Å². The van der Waals surface area contributed by atoms with Crippen molar-refractivity contribution in [2.45, 2.75) is 95.5 Å². The number of epoxide rings is 1. The van der Waals surface area contributed by atoms with Gasteiger partial charge in [0.15, 0.2) is 5.72 Å². The minimum absolute atomic E-state index is 0.00742. The lowest BCUT2D eigenvalue weighted by Crippen LogP contribution is -2.63. The summed E-state index contributed by atoms with van der Waals surface area (Å²) in [6.07, 6.45) is 2.47. The summed E-state index contributed by atoms with van der Waals surface area (Å²) in [6, 6.07) is 3.64. The molecule has 2 saturated heterocycles. The van der Waals surface area contributed by atoms with E-state index >= 15 is 0 Å². The molecule has 4 bridgehead atoms. The molecular weight excluding hydrogens is 592 g/mol. The fourth-order valence-electron chi connectivity index (χ4n) is 6.03. The number of benzene rings is 1. The Morgan fingerprint density at radius 1 is 1.27 bits per heavy atom. The number of hydrogen-bond donors (Lipinski definition) is 2. The van der Waals surface area contributed by atoms with Crippen LogP contribution in [0.5, 0.6) is 5.75 Å². The molecule has 0 unspecified atom stereocenters. The maximum atomic E-state index is 13.8. The van der Waals surface area contributed by atoms with Crippen molar-refractivity contribution in [3.63, 3.8) is 0 Å². The van der Waals surface area contributed by atoms with Gasteiger partial charge in [0, 0.05) is 32.9 Å². The lowest BCUT2D eigenvalue weighted by atomic mass is 9.83. The van der Waals surface area contributed by atoms with Crippen molar-refractivity contribution >= 4 is 35.3 Å². The Kier molecular flexibility index (Phi) is 10.3. The zero-order chi connectivity index (χ0) is 32.4. The van der Waals surface area contributed by atoms with E-state index in [1.807, 2.05) is 39.0 Å². The van der Waals surface area contributed by atoms with Crippen LogP contribution in [0.15, 0.2) is 35.9 Å². The van der Waals surface area contributed by atoms with E-state index < -0.39 is 53.7 Å². The molecular formula is C32H43ClN2O9. The van der Waals surface area contributed by atoms with Crippen LogP contribution in [0, 0.1) is 5.92 Å². The number of alkyl carbamates (subject to hydrolysis) is 1. The van der Waals surface area contributed by atoms with Gasteiger partial charge >= 0.3 is 12.1 Å². The molecule has 2 N–H and O–H groups in total. The number of aliphatic hydroxyl groups is 1. The van der Waals surface area contributed by atoms with Crippen LogP contribution in [0.3, 0.4) is 0 Å². The highest BCUT2D eigenvalue weighted by Crippen LogP contribution is 2.49. The molecule has 3 heterocycles. The monoisotopic (exact) mass is 634 g/mol. The second-order valence-corrected chi connectivity index (χ2v) is 12.4. The molecule has 44 heavy (non-hydrogen) atoms. The molecule has 0 radical (unpaired) electrons. The number of halogens is 1. The Morgan fingerprint density at radius 2 is 2.00 bits per heavy atom. The molecule has 0 aliphatic carbocycles. The van der Waals surface area contributed by atoms with E-state index in [4.69, 9.17) is 35.3 Å². The summed E-state index contributed by atoms with van der Waals surface area (Å²) < 4.78 is 28.8. The van der Waals surface area contributed by atoms with E-state index in [0.29, 0.717) is 24.3 Å². The second-order valence-electron chi connectivity index (χ2n) is 12.0. The highest BCUT2D eigenvalue weighted by atomic mass is 35.5. The predicted octanol–water partition coefficient (Wildman–Crippen LogP) is 4.47. The molecule has 1 aromatic rings. The van der Waals surface area contributed by atoms with Crippen molar-refractivity contribution in [2.24, 2.45) is 5.92 Å². The molecule has 7 atom stereocenters. The zero-order valence-electron chi connectivity index (χ0n) is 26.3. The number of carbonyl (C=O) groups is 3. The van der Waals surface area contributed by atoms with E-state index in [0.717, 1.165) is 11.1 Å². The molecule has 3 aliphatic rings. The number of fused-ring (bicyclic) bond motifs is 5. The van der Waals surface area contributed by atoms with E-state index in [-0.39, 0.29) is 30.2 Å². The first-order valence-electron chi connectivity index (χ1n) is 14.8. The van der Waals surface area contributed by atoms with Gasteiger partial charge in [-0.15, -0.1) is 0 Å². The number of rotatable bonds is 5. The molecule has 0 aromatic heterocycles. The van der Waals surface area contributed by atoms with Crippen LogP contribution in [0.2, 0.25) is 5.02 Å². The first-order chi connectivity index (χ1) is 20.8. The third-order valence-electron chi connectivity index (χ3n) is 8.68. The van der Waals surface area contributed by atoms with E-state index in [9.17, 15) is 19.5 Å². The first-order valence-corrected chi connectivity index (χ1v) is 15.2. The van der Waals surface area contributed by atoms with Crippen LogP contribution < -0.4 is 15.0 Å². The number of esters is 1. The SMILES string of the molecule is CCCC(=O)O[C@H]1CC(=O)N(C)c2cc(cc(OC)c2Cl)C/C(C)=C\C=C/[C@@H](OC)[C@@]2(O)C[C@H](OC(=O)N2)[C@@H](C)[C@@H]2O[C@@]12C. The van der Waals surface area contributed by atoms with Gasteiger partial charge in [-0.2, -0.15) is 0 Å². The Bertz CT molecular complexity index is 1330. The normalized spacial score (nSPS) is 34.5. The summed E-state index contributed by atoms with van der Waals surface area (Å²) >= 11 is 6.68. The van der Waals surface area contributed by atoms with Crippen molar-refractivity contribution in [1.29, 1.82) is 0 Å². The van der Waals surface area contributed by atoms with Gasteiger partial charge in [0.05, 0.1) is 25.3 Å². The Hall–Kier alpha value is -3.12. The quantitative estimate of drug-likeness (QED) is 0.355. The largest absolute Gasteiger partial charge is 0.495 e.